The minimum absolute atomic E-state index is 0.0925. The van der Waals surface area contributed by atoms with Crippen LogP contribution in [0.15, 0.2) is 24.4 Å². The zero-order chi connectivity index (χ0) is 14.7. The van der Waals surface area contributed by atoms with Crippen LogP contribution >= 0.6 is 0 Å². The van der Waals surface area contributed by atoms with Gasteiger partial charge in [-0.15, -0.1) is 0 Å². The molecular weight excluding hydrogens is 267 g/mol. The van der Waals surface area contributed by atoms with Crippen molar-refractivity contribution in [3.8, 4) is 11.4 Å². The number of carboxylic acids is 1. The molecule has 0 spiro atoms. The Balaban J connectivity index is 2.44. The lowest BCUT2D eigenvalue weighted by molar-refractivity contribution is 0.0688. The molecule has 106 valence electrons. The summed E-state index contributed by atoms with van der Waals surface area (Å²) in [6.45, 7) is -0.192. The molecule has 6 nitrogen and oxygen atoms in total. The first-order chi connectivity index (χ1) is 9.56. The van der Waals surface area contributed by atoms with Crippen LogP contribution in [0.1, 0.15) is 16.1 Å². The third kappa shape index (κ3) is 2.62. The minimum Gasteiger partial charge on any atom is -0.494 e. The van der Waals surface area contributed by atoms with Crippen molar-refractivity contribution in [2.75, 3.05) is 13.7 Å². The molecule has 2 aromatic rings. The Morgan fingerprint density at radius 3 is 2.80 bits per heavy atom. The summed E-state index contributed by atoms with van der Waals surface area (Å²) in [7, 11) is 1.36. The third-order valence-corrected chi connectivity index (χ3v) is 2.77. The molecule has 0 aliphatic carbocycles. The fraction of sp³-hybridized carbons (Fsp3) is 0.231. The van der Waals surface area contributed by atoms with E-state index in [1.807, 2.05) is 0 Å². The second kappa shape index (κ2) is 5.70. The van der Waals surface area contributed by atoms with E-state index in [4.69, 9.17) is 14.9 Å². The quantitative estimate of drug-likeness (QED) is 0.861. The van der Waals surface area contributed by atoms with Crippen molar-refractivity contribution in [2.24, 2.45) is 0 Å². The Kier molecular flexibility index (Phi) is 3.99. The van der Waals surface area contributed by atoms with Crippen molar-refractivity contribution in [3.63, 3.8) is 0 Å². The normalized spacial score (nSPS) is 10.6. The van der Waals surface area contributed by atoms with Crippen LogP contribution in [0.25, 0.3) is 5.69 Å². The number of benzene rings is 1. The molecule has 1 aromatic heterocycles. The zero-order valence-corrected chi connectivity index (χ0v) is 10.7. The highest BCUT2D eigenvalue weighted by Crippen LogP contribution is 2.21. The van der Waals surface area contributed by atoms with Crippen molar-refractivity contribution in [2.45, 2.75) is 6.42 Å². The molecule has 20 heavy (non-hydrogen) atoms. The predicted octanol–water partition coefficient (Wildman–Crippen LogP) is 1.25. The second-order valence-corrected chi connectivity index (χ2v) is 4.05. The number of hydrogen-bond donors (Lipinski definition) is 2. The Labute approximate surface area is 114 Å². The molecule has 0 bridgehead atoms. The largest absolute Gasteiger partial charge is 0.494 e. The summed E-state index contributed by atoms with van der Waals surface area (Å²) in [5.41, 5.74) is 0.599. The molecule has 0 atom stereocenters. The zero-order valence-electron chi connectivity index (χ0n) is 10.7. The van der Waals surface area contributed by atoms with Crippen molar-refractivity contribution in [3.05, 3.63) is 41.5 Å². The van der Waals surface area contributed by atoms with Crippen LogP contribution < -0.4 is 4.74 Å². The molecule has 0 unspecified atom stereocenters. The van der Waals surface area contributed by atoms with Crippen LogP contribution in [0.5, 0.6) is 5.75 Å². The van der Waals surface area contributed by atoms with Gasteiger partial charge in [-0.25, -0.2) is 13.9 Å². The lowest BCUT2D eigenvalue weighted by Gasteiger charge is -2.04. The number of carboxylic acid groups (broad SMARTS) is 1. The van der Waals surface area contributed by atoms with E-state index in [-0.39, 0.29) is 24.5 Å². The Hall–Kier alpha value is -2.41. The number of ether oxygens (including phenoxy) is 1. The van der Waals surface area contributed by atoms with Gasteiger partial charge in [0.15, 0.2) is 17.3 Å². The number of carbonyl (C=O) groups is 1. The summed E-state index contributed by atoms with van der Waals surface area (Å²) in [6, 6.07) is 4.18. The van der Waals surface area contributed by atoms with Crippen molar-refractivity contribution >= 4 is 5.97 Å². The highest BCUT2D eigenvalue weighted by Gasteiger charge is 2.16. The maximum Gasteiger partial charge on any atom is 0.356 e. The van der Waals surface area contributed by atoms with Gasteiger partial charge in [-0.1, -0.05) is 0 Å². The molecule has 1 heterocycles. The topological polar surface area (TPSA) is 84.6 Å². The molecule has 0 aliphatic rings. The summed E-state index contributed by atoms with van der Waals surface area (Å²) in [5.74, 6) is -1.67. The first kappa shape index (κ1) is 14.0. The Bertz CT molecular complexity index is 639. The number of methoxy groups -OCH3 is 1. The van der Waals surface area contributed by atoms with Gasteiger partial charge in [0.05, 0.1) is 12.8 Å². The monoisotopic (exact) mass is 280 g/mol. The molecule has 2 N–H and O–H groups in total. The van der Waals surface area contributed by atoms with Crippen LogP contribution in [-0.4, -0.2) is 39.7 Å². The highest BCUT2D eigenvalue weighted by atomic mass is 19.1. The molecule has 0 aliphatic heterocycles. The second-order valence-electron chi connectivity index (χ2n) is 4.05. The van der Waals surface area contributed by atoms with Crippen LogP contribution in [0.4, 0.5) is 4.39 Å². The Morgan fingerprint density at radius 1 is 1.50 bits per heavy atom. The number of aliphatic hydroxyl groups is 1. The van der Waals surface area contributed by atoms with E-state index in [9.17, 15) is 9.18 Å². The van der Waals surface area contributed by atoms with Gasteiger partial charge in [-0.3, -0.25) is 0 Å². The number of aromatic carboxylic acids is 1. The number of hydrogen-bond acceptors (Lipinski definition) is 4. The molecule has 2 rings (SSSR count). The van der Waals surface area contributed by atoms with E-state index in [2.05, 4.69) is 5.10 Å². The van der Waals surface area contributed by atoms with Gasteiger partial charge in [0, 0.05) is 24.4 Å². The summed E-state index contributed by atoms with van der Waals surface area (Å²) in [4.78, 5) is 11.1. The molecular formula is C13H13FN2O4. The standard InChI is InChI=1S/C13H13FN2O4/c1-20-11-3-2-9(6-10(11)14)16-7-8(4-5-17)12(15-16)13(18)19/h2-3,6-7,17H,4-5H2,1H3,(H,18,19). The average molecular weight is 280 g/mol. The van der Waals surface area contributed by atoms with Crippen LogP contribution in [0.3, 0.4) is 0 Å². The molecule has 0 radical (unpaired) electrons. The van der Waals surface area contributed by atoms with Gasteiger partial charge in [-0.05, 0) is 18.6 Å². The minimum atomic E-state index is -1.19. The maximum absolute atomic E-state index is 13.6. The lowest BCUT2D eigenvalue weighted by Crippen LogP contribution is -2.04. The van der Waals surface area contributed by atoms with Gasteiger partial charge in [0.2, 0.25) is 0 Å². The highest BCUT2D eigenvalue weighted by molar-refractivity contribution is 5.87. The number of aliphatic hydroxyl groups excluding tert-OH is 1. The molecule has 1 aromatic carbocycles. The van der Waals surface area contributed by atoms with E-state index in [1.54, 1.807) is 6.07 Å². The van der Waals surface area contributed by atoms with Gasteiger partial charge in [0.25, 0.3) is 0 Å². The van der Waals surface area contributed by atoms with Gasteiger partial charge in [-0.2, -0.15) is 5.10 Å². The smallest absolute Gasteiger partial charge is 0.356 e. The predicted molar refractivity (Wildman–Crippen MR) is 67.8 cm³/mol. The first-order valence-electron chi connectivity index (χ1n) is 5.83. The van der Waals surface area contributed by atoms with E-state index in [1.165, 1.54) is 30.1 Å². The van der Waals surface area contributed by atoms with E-state index in [0.717, 1.165) is 0 Å². The Morgan fingerprint density at radius 2 is 2.25 bits per heavy atom. The van der Waals surface area contributed by atoms with Crippen molar-refractivity contribution in [1.29, 1.82) is 0 Å². The van der Waals surface area contributed by atoms with E-state index >= 15 is 0 Å². The van der Waals surface area contributed by atoms with Gasteiger partial charge < -0.3 is 14.9 Å². The SMILES string of the molecule is COc1ccc(-n2cc(CCO)c(C(=O)O)n2)cc1F. The molecule has 0 saturated heterocycles. The van der Waals surface area contributed by atoms with Crippen molar-refractivity contribution < 1.29 is 24.1 Å². The van der Waals surface area contributed by atoms with Gasteiger partial charge >= 0.3 is 5.97 Å². The fourth-order valence-electron chi connectivity index (χ4n) is 1.82. The van der Waals surface area contributed by atoms with Crippen LogP contribution in [0, 0.1) is 5.82 Å². The number of aromatic nitrogens is 2. The van der Waals surface area contributed by atoms with E-state index in [0.29, 0.717) is 11.3 Å². The fourth-order valence-corrected chi connectivity index (χ4v) is 1.82. The van der Waals surface area contributed by atoms with Crippen LogP contribution in [-0.2, 0) is 6.42 Å². The molecule has 7 heteroatoms. The van der Waals surface area contributed by atoms with Crippen LogP contribution in [0.2, 0.25) is 0 Å². The van der Waals surface area contributed by atoms with Crippen molar-refractivity contribution in [1.82, 2.24) is 9.78 Å². The third-order valence-electron chi connectivity index (χ3n) is 2.77. The first-order valence-corrected chi connectivity index (χ1v) is 5.83. The van der Waals surface area contributed by atoms with Gasteiger partial charge in [0.1, 0.15) is 0 Å². The molecule has 0 fully saturated rings. The number of halogens is 1. The summed E-state index contributed by atoms with van der Waals surface area (Å²) in [6.07, 6.45) is 1.63. The lowest BCUT2D eigenvalue weighted by atomic mass is 10.2. The molecule has 0 amide bonds. The van der Waals surface area contributed by atoms with E-state index < -0.39 is 11.8 Å². The number of nitrogens with zero attached hydrogens (tertiary/aromatic N) is 2. The number of rotatable bonds is 5. The summed E-state index contributed by atoms with van der Waals surface area (Å²) in [5, 5.41) is 21.8. The maximum atomic E-state index is 13.6. The molecule has 0 saturated carbocycles. The summed E-state index contributed by atoms with van der Waals surface area (Å²) < 4.78 is 19.7. The average Bonchev–Trinajstić information content (AvgIpc) is 2.83. The summed E-state index contributed by atoms with van der Waals surface area (Å²) >= 11 is 0.